The Bertz CT molecular complexity index is 1170. The molecule has 0 aromatic carbocycles. The zero-order chi connectivity index (χ0) is 37.2. The van der Waals surface area contributed by atoms with Gasteiger partial charge in [-0.05, 0) is 76.4 Å². The van der Waals surface area contributed by atoms with Crippen molar-refractivity contribution in [2.24, 2.45) is 17.8 Å². The van der Waals surface area contributed by atoms with Gasteiger partial charge in [-0.15, -0.1) is 0 Å². The van der Waals surface area contributed by atoms with Gasteiger partial charge in [-0.3, -0.25) is 9.69 Å². The molecule has 0 radical (unpaired) electrons. The smallest absolute Gasteiger partial charge is 0.410 e. The second-order valence-electron chi connectivity index (χ2n) is 15.8. The molecule has 0 spiro atoms. The molecule has 1 amide bonds. The Morgan fingerprint density at radius 2 is 1.72 bits per heavy atom. The van der Waals surface area contributed by atoms with Crippen molar-refractivity contribution in [2.75, 3.05) is 26.2 Å². The summed E-state index contributed by atoms with van der Waals surface area (Å²) in [5, 5.41) is 54.2. The van der Waals surface area contributed by atoms with Crippen LogP contribution in [0, 0.1) is 17.8 Å². The van der Waals surface area contributed by atoms with Crippen LogP contribution in [0.5, 0.6) is 0 Å². The van der Waals surface area contributed by atoms with Gasteiger partial charge in [0, 0.05) is 44.6 Å². The van der Waals surface area contributed by atoms with Gasteiger partial charge >= 0.3 is 12.1 Å². The highest BCUT2D eigenvalue weighted by Crippen LogP contribution is 2.30. The average Bonchev–Trinajstić information content (AvgIpc) is 3.61. The maximum atomic E-state index is 13.4. The number of aliphatic hydroxyl groups is 5. The van der Waals surface area contributed by atoms with E-state index in [0.717, 1.165) is 13.1 Å². The van der Waals surface area contributed by atoms with Gasteiger partial charge in [0.25, 0.3) is 0 Å². The average molecular weight is 707 g/mol. The zero-order valence-corrected chi connectivity index (χ0v) is 31.5. The van der Waals surface area contributed by atoms with Crippen LogP contribution >= 0.6 is 0 Å². The fourth-order valence-electron chi connectivity index (χ4n) is 7.43. The van der Waals surface area contributed by atoms with Gasteiger partial charge in [0.1, 0.15) is 11.7 Å². The second-order valence-corrected chi connectivity index (χ2v) is 15.8. The van der Waals surface area contributed by atoms with Crippen LogP contribution in [0.1, 0.15) is 106 Å². The largest absolute Gasteiger partial charge is 0.457 e. The number of aliphatic hydroxyl groups excluding tert-OH is 3. The summed E-state index contributed by atoms with van der Waals surface area (Å²) >= 11 is 0. The first-order chi connectivity index (χ1) is 23.4. The highest BCUT2D eigenvalue weighted by Gasteiger charge is 2.37. The molecule has 1 aliphatic carbocycles. The van der Waals surface area contributed by atoms with Crippen molar-refractivity contribution in [3.63, 3.8) is 0 Å². The van der Waals surface area contributed by atoms with Crippen molar-refractivity contribution in [3.05, 3.63) is 36.0 Å². The van der Waals surface area contributed by atoms with Crippen molar-refractivity contribution in [1.29, 1.82) is 0 Å². The molecule has 10 unspecified atom stereocenters. The number of nitrogens with zero attached hydrogens (tertiary/aromatic N) is 2. The molecule has 0 aromatic rings. The van der Waals surface area contributed by atoms with Crippen molar-refractivity contribution in [2.45, 2.75) is 154 Å². The number of ether oxygens (including phenoxy) is 2. The van der Waals surface area contributed by atoms with Crippen LogP contribution in [-0.4, -0.2) is 121 Å². The number of hydrogen-bond acceptors (Lipinski definition) is 10. The van der Waals surface area contributed by atoms with Gasteiger partial charge in [-0.25, -0.2) is 4.79 Å². The minimum absolute atomic E-state index is 0.0734. The van der Waals surface area contributed by atoms with E-state index in [2.05, 4.69) is 4.90 Å². The summed E-state index contributed by atoms with van der Waals surface area (Å²) < 4.78 is 11.8. The van der Waals surface area contributed by atoms with E-state index in [0.29, 0.717) is 31.1 Å². The van der Waals surface area contributed by atoms with Crippen molar-refractivity contribution in [3.8, 4) is 0 Å². The normalized spacial score (nSPS) is 32.7. The second kappa shape index (κ2) is 19.0. The van der Waals surface area contributed by atoms with Gasteiger partial charge in [0.05, 0.1) is 30.3 Å². The van der Waals surface area contributed by atoms with Gasteiger partial charge in [0.2, 0.25) is 0 Å². The number of rotatable bonds is 11. The lowest BCUT2D eigenvalue weighted by Gasteiger charge is -2.39. The Kier molecular flexibility index (Phi) is 16.0. The summed E-state index contributed by atoms with van der Waals surface area (Å²) in [7, 11) is 0. The molecule has 3 rings (SSSR count). The van der Waals surface area contributed by atoms with Crippen LogP contribution in [0.3, 0.4) is 0 Å². The number of carbonyl (C=O) groups is 2. The van der Waals surface area contributed by atoms with Gasteiger partial charge < -0.3 is 39.9 Å². The Hall–Kier alpha value is -2.28. The molecule has 11 heteroatoms. The SMILES string of the molecule is CCC(O)C(C)C(C)C(O)CC(C)(O)/C=C/C=C(\C)C1OC(=O)CC(O)CCC(C)(O)C(OC(=O)N2CCN(C3CCCC3)CC2)/C=C/C1C. The van der Waals surface area contributed by atoms with Gasteiger partial charge in [0.15, 0.2) is 6.10 Å². The van der Waals surface area contributed by atoms with E-state index in [1.54, 1.807) is 56.1 Å². The Morgan fingerprint density at radius 3 is 2.34 bits per heavy atom. The van der Waals surface area contributed by atoms with E-state index in [4.69, 9.17) is 9.47 Å². The van der Waals surface area contributed by atoms with E-state index in [1.165, 1.54) is 25.7 Å². The lowest BCUT2D eigenvalue weighted by molar-refractivity contribution is -0.151. The fourth-order valence-corrected chi connectivity index (χ4v) is 7.43. The molecule has 2 fully saturated rings. The summed E-state index contributed by atoms with van der Waals surface area (Å²) in [4.78, 5) is 30.4. The number of piperazine rings is 1. The summed E-state index contributed by atoms with van der Waals surface area (Å²) in [5.41, 5.74) is -2.17. The first-order valence-corrected chi connectivity index (χ1v) is 18.9. The number of cyclic esters (lactones) is 1. The predicted molar refractivity (Wildman–Crippen MR) is 193 cm³/mol. The monoisotopic (exact) mass is 706 g/mol. The molecule has 3 aliphatic rings. The molecule has 2 aliphatic heterocycles. The van der Waals surface area contributed by atoms with Crippen LogP contribution in [-0.2, 0) is 14.3 Å². The molecule has 1 saturated carbocycles. The number of carbonyl (C=O) groups excluding carboxylic acids is 2. The maximum absolute atomic E-state index is 13.4. The third-order valence-electron chi connectivity index (χ3n) is 11.3. The van der Waals surface area contributed by atoms with Gasteiger partial charge in [-0.2, -0.15) is 0 Å². The molecule has 11 nitrogen and oxygen atoms in total. The van der Waals surface area contributed by atoms with E-state index >= 15 is 0 Å². The van der Waals surface area contributed by atoms with E-state index in [-0.39, 0.29) is 37.5 Å². The summed E-state index contributed by atoms with van der Waals surface area (Å²) in [6.45, 7) is 15.2. The Morgan fingerprint density at radius 1 is 1.10 bits per heavy atom. The third kappa shape index (κ3) is 12.4. The first-order valence-electron chi connectivity index (χ1n) is 18.9. The van der Waals surface area contributed by atoms with Crippen LogP contribution in [0.2, 0.25) is 0 Å². The van der Waals surface area contributed by atoms with Crippen LogP contribution in [0.25, 0.3) is 0 Å². The number of hydrogen-bond donors (Lipinski definition) is 5. The molecule has 2 heterocycles. The fraction of sp³-hybridized carbons (Fsp3) is 0.795. The highest BCUT2D eigenvalue weighted by atomic mass is 16.6. The maximum Gasteiger partial charge on any atom is 0.410 e. The molecule has 1 saturated heterocycles. The molecule has 0 bridgehead atoms. The standard InChI is InChI=1S/C39H66N2O9/c1-8-32(43)28(4)29(5)33(44)25-38(6,47)18-11-12-26(2)36-27(3)15-16-34(39(7,48)19-17-31(42)24-35(45)50-36)49-37(46)41-22-20-40(21-23-41)30-13-9-10-14-30/h11-12,15-16,18,27-34,36,42-44,47-48H,8-10,13-14,17,19-25H2,1-7H3/b16-15+,18-11+,26-12+. The summed E-state index contributed by atoms with van der Waals surface area (Å²) in [5.74, 6) is -1.34. The lowest BCUT2D eigenvalue weighted by Crippen LogP contribution is -2.53. The van der Waals surface area contributed by atoms with Gasteiger partial charge in [-0.1, -0.05) is 64.8 Å². The highest BCUT2D eigenvalue weighted by molar-refractivity contribution is 5.70. The minimum atomic E-state index is -1.50. The molecular formula is C39H66N2O9. The van der Waals surface area contributed by atoms with E-state index < -0.39 is 59.7 Å². The van der Waals surface area contributed by atoms with Crippen molar-refractivity contribution >= 4 is 12.1 Å². The Labute approximate surface area is 300 Å². The molecule has 10 atom stereocenters. The van der Waals surface area contributed by atoms with Crippen molar-refractivity contribution in [1.82, 2.24) is 9.80 Å². The molecule has 286 valence electrons. The number of amides is 1. The van der Waals surface area contributed by atoms with Crippen LogP contribution in [0.4, 0.5) is 4.79 Å². The summed E-state index contributed by atoms with van der Waals surface area (Å²) in [6, 6.07) is 0.594. The van der Waals surface area contributed by atoms with Crippen LogP contribution < -0.4 is 0 Å². The predicted octanol–water partition coefficient (Wildman–Crippen LogP) is 4.50. The molecule has 0 aromatic heterocycles. The summed E-state index contributed by atoms with van der Waals surface area (Å²) in [6.07, 6.45) is 9.30. The molecule has 5 N–H and O–H groups in total. The van der Waals surface area contributed by atoms with E-state index in [1.807, 2.05) is 27.7 Å². The minimum Gasteiger partial charge on any atom is -0.457 e. The zero-order valence-electron chi connectivity index (χ0n) is 31.5. The number of esters is 1. The quantitative estimate of drug-likeness (QED) is 0.118. The van der Waals surface area contributed by atoms with Crippen molar-refractivity contribution < 1.29 is 44.6 Å². The lowest BCUT2D eigenvalue weighted by atomic mass is 9.81. The molecule has 50 heavy (non-hydrogen) atoms. The topological polar surface area (TPSA) is 160 Å². The Balaban J connectivity index is 1.74. The third-order valence-corrected chi connectivity index (χ3v) is 11.3. The molecular weight excluding hydrogens is 640 g/mol. The number of allylic oxidation sites excluding steroid dienone is 2. The first kappa shape index (κ1) is 42.1. The van der Waals surface area contributed by atoms with E-state index in [9.17, 15) is 35.1 Å². The van der Waals surface area contributed by atoms with Crippen LogP contribution in [0.15, 0.2) is 36.0 Å².